The molecule has 88 valence electrons. The third kappa shape index (κ3) is 4.08. The zero-order chi connectivity index (χ0) is 12.2. The van der Waals surface area contributed by atoms with Crippen LogP contribution >= 0.6 is 34.8 Å². The predicted octanol–water partition coefficient (Wildman–Crippen LogP) is 4.05. The summed E-state index contributed by atoms with van der Waals surface area (Å²) in [6.45, 7) is 2.01. The molecule has 0 aliphatic heterocycles. The van der Waals surface area contributed by atoms with Gasteiger partial charge in [-0.25, -0.2) is 0 Å². The van der Waals surface area contributed by atoms with Gasteiger partial charge in [-0.15, -0.1) is 0 Å². The van der Waals surface area contributed by atoms with Crippen molar-refractivity contribution in [2.45, 2.75) is 10.7 Å². The third-order valence-corrected chi connectivity index (χ3v) is 2.30. The highest BCUT2D eigenvalue weighted by Gasteiger charge is 2.28. The van der Waals surface area contributed by atoms with Crippen molar-refractivity contribution in [1.82, 2.24) is 0 Å². The number of halogens is 3. The summed E-state index contributed by atoms with van der Waals surface area (Å²) >= 11 is 16.3. The largest absolute Gasteiger partial charge is 0.474 e. The fourth-order valence-corrected chi connectivity index (χ4v) is 1.10. The zero-order valence-corrected chi connectivity index (χ0v) is 10.7. The van der Waals surface area contributed by atoms with E-state index in [-0.39, 0.29) is 6.61 Å². The summed E-state index contributed by atoms with van der Waals surface area (Å²) in [5, 5.41) is 7.29. The van der Waals surface area contributed by atoms with E-state index in [2.05, 4.69) is 0 Å². The first-order valence-corrected chi connectivity index (χ1v) is 5.54. The van der Waals surface area contributed by atoms with E-state index in [0.29, 0.717) is 0 Å². The standard InChI is InChI=1S/C10H10Cl3NO2/c1-7(8-3-2-5-15-8)4-6-16-9(14)10(11,12)13/h2-5,14H,6H2,1H3/b7-4+,14-9?. The fraction of sp³-hybridized carbons (Fsp3) is 0.300. The van der Waals surface area contributed by atoms with Gasteiger partial charge in [-0.3, -0.25) is 5.41 Å². The quantitative estimate of drug-likeness (QED) is 0.516. The lowest BCUT2D eigenvalue weighted by Crippen LogP contribution is -2.21. The SMILES string of the molecule is C/C(=C\COC(=N)C(Cl)(Cl)Cl)c1ccco1. The molecule has 0 radical (unpaired) electrons. The topological polar surface area (TPSA) is 46.2 Å². The van der Waals surface area contributed by atoms with Crippen LogP contribution < -0.4 is 0 Å². The Hall–Kier alpha value is -0.640. The molecule has 1 heterocycles. The summed E-state index contributed by atoms with van der Waals surface area (Å²) in [7, 11) is 0. The highest BCUT2D eigenvalue weighted by Crippen LogP contribution is 2.27. The Balaban J connectivity index is 2.47. The van der Waals surface area contributed by atoms with Crippen LogP contribution in [0.5, 0.6) is 0 Å². The van der Waals surface area contributed by atoms with Gasteiger partial charge in [-0.2, -0.15) is 0 Å². The van der Waals surface area contributed by atoms with Crippen LogP contribution in [0.1, 0.15) is 12.7 Å². The summed E-state index contributed by atoms with van der Waals surface area (Å²) in [6.07, 6.45) is 3.32. The van der Waals surface area contributed by atoms with Gasteiger partial charge in [0.1, 0.15) is 12.4 Å². The first-order valence-electron chi connectivity index (χ1n) is 4.40. The van der Waals surface area contributed by atoms with Crippen LogP contribution in [-0.2, 0) is 4.74 Å². The van der Waals surface area contributed by atoms with Crippen LogP contribution in [0.2, 0.25) is 0 Å². The smallest absolute Gasteiger partial charge is 0.265 e. The minimum Gasteiger partial charge on any atom is -0.474 e. The number of furan rings is 1. The number of allylic oxidation sites excluding steroid dienone is 1. The summed E-state index contributed by atoms with van der Waals surface area (Å²) in [5.74, 6) is 0.338. The fourth-order valence-electron chi connectivity index (χ4n) is 0.935. The molecule has 0 bridgehead atoms. The average molecular weight is 283 g/mol. The number of hydrogen-bond acceptors (Lipinski definition) is 3. The van der Waals surface area contributed by atoms with E-state index in [0.717, 1.165) is 11.3 Å². The second kappa shape index (κ2) is 5.62. The van der Waals surface area contributed by atoms with Crippen LogP contribution in [0.15, 0.2) is 28.9 Å². The van der Waals surface area contributed by atoms with E-state index in [4.69, 9.17) is 49.4 Å². The second-order valence-electron chi connectivity index (χ2n) is 3.00. The molecular formula is C10H10Cl3NO2. The van der Waals surface area contributed by atoms with Crippen LogP contribution in [-0.4, -0.2) is 16.3 Å². The molecule has 0 fully saturated rings. The number of nitrogens with one attached hydrogen (secondary N) is 1. The van der Waals surface area contributed by atoms with Gasteiger partial charge in [0.05, 0.1) is 6.26 Å². The number of hydrogen-bond donors (Lipinski definition) is 1. The Morgan fingerprint density at radius 3 is 2.75 bits per heavy atom. The van der Waals surface area contributed by atoms with Crippen molar-refractivity contribution >= 4 is 46.3 Å². The van der Waals surface area contributed by atoms with Crippen molar-refractivity contribution in [3.05, 3.63) is 30.2 Å². The van der Waals surface area contributed by atoms with Gasteiger partial charge in [-0.05, 0) is 30.7 Å². The first kappa shape index (κ1) is 13.4. The summed E-state index contributed by atoms with van der Waals surface area (Å²) in [4.78, 5) is 0. The van der Waals surface area contributed by atoms with Gasteiger partial charge in [0.15, 0.2) is 0 Å². The monoisotopic (exact) mass is 281 g/mol. The van der Waals surface area contributed by atoms with Crippen LogP contribution in [0, 0.1) is 5.41 Å². The highest BCUT2D eigenvalue weighted by atomic mass is 35.6. The minimum atomic E-state index is -1.81. The molecule has 0 spiro atoms. The van der Waals surface area contributed by atoms with Gasteiger partial charge >= 0.3 is 0 Å². The number of rotatable bonds is 3. The lowest BCUT2D eigenvalue weighted by Gasteiger charge is -2.12. The normalized spacial score (nSPS) is 12.6. The Kier molecular flexibility index (Phi) is 4.71. The van der Waals surface area contributed by atoms with Gasteiger partial charge in [0, 0.05) is 0 Å². The molecule has 0 amide bonds. The number of ether oxygens (including phenoxy) is 1. The Morgan fingerprint density at radius 1 is 1.56 bits per heavy atom. The highest BCUT2D eigenvalue weighted by molar-refractivity contribution is 6.76. The molecule has 1 rings (SSSR count). The summed E-state index contributed by atoms with van der Waals surface area (Å²) in [5.41, 5.74) is 0.891. The van der Waals surface area contributed by atoms with Crippen molar-refractivity contribution in [3.8, 4) is 0 Å². The lowest BCUT2D eigenvalue weighted by molar-refractivity contribution is 0.340. The van der Waals surface area contributed by atoms with Crippen LogP contribution in [0.3, 0.4) is 0 Å². The van der Waals surface area contributed by atoms with E-state index in [1.807, 2.05) is 13.0 Å². The van der Waals surface area contributed by atoms with E-state index < -0.39 is 9.69 Å². The van der Waals surface area contributed by atoms with Crippen molar-refractivity contribution in [2.75, 3.05) is 6.61 Å². The van der Waals surface area contributed by atoms with Crippen molar-refractivity contribution < 1.29 is 9.15 Å². The molecular weight excluding hydrogens is 272 g/mol. The van der Waals surface area contributed by atoms with Crippen LogP contribution in [0.25, 0.3) is 5.57 Å². The molecule has 0 unspecified atom stereocenters. The summed E-state index contributed by atoms with van der Waals surface area (Å²) < 4.78 is 8.30. The van der Waals surface area contributed by atoms with E-state index in [1.165, 1.54) is 0 Å². The predicted molar refractivity (Wildman–Crippen MR) is 66.3 cm³/mol. The molecule has 1 aromatic rings. The van der Waals surface area contributed by atoms with Crippen molar-refractivity contribution in [3.63, 3.8) is 0 Å². The maximum Gasteiger partial charge on any atom is 0.265 e. The maximum absolute atomic E-state index is 7.29. The molecule has 1 aromatic heterocycles. The van der Waals surface area contributed by atoms with E-state index >= 15 is 0 Å². The minimum absolute atomic E-state index is 0.152. The second-order valence-corrected chi connectivity index (χ2v) is 5.28. The molecule has 16 heavy (non-hydrogen) atoms. The Labute approximate surface area is 108 Å². The van der Waals surface area contributed by atoms with Gasteiger partial charge in [0.25, 0.3) is 3.79 Å². The number of alkyl halides is 3. The molecule has 0 aliphatic carbocycles. The molecule has 0 aliphatic rings. The molecule has 0 aromatic carbocycles. The zero-order valence-electron chi connectivity index (χ0n) is 8.47. The third-order valence-electron chi connectivity index (χ3n) is 1.78. The molecule has 0 saturated carbocycles. The first-order chi connectivity index (χ1) is 7.41. The van der Waals surface area contributed by atoms with Crippen LogP contribution in [0.4, 0.5) is 0 Å². The Morgan fingerprint density at radius 2 is 2.25 bits per heavy atom. The average Bonchev–Trinajstić information content (AvgIpc) is 2.68. The molecule has 6 heteroatoms. The molecule has 3 nitrogen and oxygen atoms in total. The summed E-state index contributed by atoms with van der Waals surface area (Å²) in [6, 6.07) is 3.61. The molecule has 1 N–H and O–H groups in total. The van der Waals surface area contributed by atoms with Gasteiger partial charge in [-0.1, -0.05) is 34.8 Å². The van der Waals surface area contributed by atoms with E-state index in [1.54, 1.807) is 18.4 Å². The Bertz CT molecular complexity index is 379. The van der Waals surface area contributed by atoms with Crippen molar-refractivity contribution in [2.24, 2.45) is 0 Å². The lowest BCUT2D eigenvalue weighted by atomic mass is 10.2. The molecule has 0 atom stereocenters. The maximum atomic E-state index is 7.29. The van der Waals surface area contributed by atoms with Gasteiger partial charge < -0.3 is 9.15 Å². The van der Waals surface area contributed by atoms with Gasteiger partial charge in [0.2, 0.25) is 5.90 Å². The van der Waals surface area contributed by atoms with E-state index in [9.17, 15) is 0 Å². The molecule has 0 saturated heterocycles. The van der Waals surface area contributed by atoms with Crippen molar-refractivity contribution in [1.29, 1.82) is 5.41 Å².